The van der Waals surface area contributed by atoms with Crippen molar-refractivity contribution >= 4 is 40.4 Å². The predicted molar refractivity (Wildman–Crippen MR) is 79.0 cm³/mol. The Morgan fingerprint density at radius 3 is 2.74 bits per heavy atom. The summed E-state index contributed by atoms with van der Waals surface area (Å²) in [5.74, 6) is -0.0590. The Bertz CT molecular complexity index is 586. The predicted octanol–water partition coefficient (Wildman–Crippen LogP) is 4.11. The molecule has 0 aromatic carbocycles. The number of nitrogens with zero attached hydrogens (tertiary/aromatic N) is 2. The topological polar surface area (TPSA) is 33.2 Å². The Hall–Kier alpha value is -1.10. The van der Waals surface area contributed by atoms with Crippen molar-refractivity contribution in [2.45, 2.75) is 13.5 Å². The van der Waals surface area contributed by atoms with Crippen LogP contribution in [-0.2, 0) is 6.54 Å². The highest BCUT2D eigenvalue weighted by Gasteiger charge is 2.15. The van der Waals surface area contributed by atoms with Crippen LogP contribution in [0, 0.1) is 0 Å². The van der Waals surface area contributed by atoms with Crippen LogP contribution in [0.15, 0.2) is 30.5 Å². The molecule has 0 atom stereocenters. The molecule has 2 heterocycles. The van der Waals surface area contributed by atoms with Gasteiger partial charge in [0.2, 0.25) is 0 Å². The van der Waals surface area contributed by atoms with E-state index in [1.165, 1.54) is 17.5 Å². The second kappa shape index (κ2) is 6.37. The summed E-state index contributed by atoms with van der Waals surface area (Å²) in [6.45, 7) is 3.11. The summed E-state index contributed by atoms with van der Waals surface area (Å²) in [6.07, 6.45) is 1.53. The molecule has 0 saturated heterocycles. The maximum atomic E-state index is 12.4. The number of carbonyl (C=O) groups is 1. The molecule has 0 aliphatic rings. The summed E-state index contributed by atoms with van der Waals surface area (Å²) < 4.78 is 0.727. The first kappa shape index (κ1) is 14.3. The SMILES string of the molecule is CCN(Cc1ccc(Cl)s1)C(=O)c1ccnc(Cl)c1. The Kier molecular flexibility index (Phi) is 4.80. The number of hydrogen-bond donors (Lipinski definition) is 0. The van der Waals surface area contributed by atoms with E-state index in [0.29, 0.717) is 23.8 Å². The standard InChI is InChI=1S/C13H12Cl2N2OS/c1-2-17(8-10-3-4-12(15)19-10)13(18)9-5-6-16-11(14)7-9/h3-7H,2,8H2,1H3. The Morgan fingerprint density at radius 1 is 1.37 bits per heavy atom. The number of halogens is 2. The largest absolute Gasteiger partial charge is 0.334 e. The van der Waals surface area contributed by atoms with Gasteiger partial charge in [0.05, 0.1) is 10.9 Å². The smallest absolute Gasteiger partial charge is 0.254 e. The summed E-state index contributed by atoms with van der Waals surface area (Å²) >= 11 is 13.2. The normalized spacial score (nSPS) is 10.5. The van der Waals surface area contributed by atoms with Crippen molar-refractivity contribution in [1.82, 2.24) is 9.88 Å². The summed E-state index contributed by atoms with van der Waals surface area (Å²) in [6, 6.07) is 7.01. The molecule has 6 heteroatoms. The van der Waals surface area contributed by atoms with Crippen LogP contribution < -0.4 is 0 Å². The molecule has 0 unspecified atom stereocenters. The summed E-state index contributed by atoms with van der Waals surface area (Å²) in [4.78, 5) is 19.0. The van der Waals surface area contributed by atoms with E-state index in [4.69, 9.17) is 23.2 Å². The molecule has 0 spiro atoms. The monoisotopic (exact) mass is 314 g/mol. The molecule has 0 radical (unpaired) electrons. The van der Waals surface area contributed by atoms with Crippen LogP contribution in [0.2, 0.25) is 9.49 Å². The first-order valence-corrected chi connectivity index (χ1v) is 7.32. The van der Waals surface area contributed by atoms with Crippen LogP contribution >= 0.6 is 34.5 Å². The lowest BCUT2D eigenvalue weighted by Crippen LogP contribution is -2.30. The zero-order chi connectivity index (χ0) is 13.8. The molecule has 0 aliphatic heterocycles. The van der Waals surface area contributed by atoms with Gasteiger partial charge in [-0.3, -0.25) is 4.79 Å². The van der Waals surface area contributed by atoms with Crippen LogP contribution in [0.4, 0.5) is 0 Å². The molecule has 3 nitrogen and oxygen atoms in total. The van der Waals surface area contributed by atoms with Gasteiger partial charge in [-0.15, -0.1) is 11.3 Å². The molecule has 2 aromatic heterocycles. The minimum atomic E-state index is -0.0590. The highest BCUT2D eigenvalue weighted by atomic mass is 35.5. The van der Waals surface area contributed by atoms with E-state index in [9.17, 15) is 4.79 Å². The lowest BCUT2D eigenvalue weighted by molar-refractivity contribution is 0.0754. The van der Waals surface area contributed by atoms with Gasteiger partial charge in [0.15, 0.2) is 0 Å². The van der Waals surface area contributed by atoms with Crippen molar-refractivity contribution in [3.63, 3.8) is 0 Å². The Labute approximate surface area is 125 Å². The minimum absolute atomic E-state index is 0.0590. The fourth-order valence-corrected chi connectivity index (χ4v) is 2.95. The first-order valence-electron chi connectivity index (χ1n) is 5.75. The van der Waals surface area contributed by atoms with Gasteiger partial charge in [-0.1, -0.05) is 23.2 Å². The van der Waals surface area contributed by atoms with Crippen LogP contribution in [0.5, 0.6) is 0 Å². The average Bonchev–Trinajstić information content (AvgIpc) is 2.81. The van der Waals surface area contributed by atoms with Crippen molar-refractivity contribution in [1.29, 1.82) is 0 Å². The van der Waals surface area contributed by atoms with Gasteiger partial charge in [-0.05, 0) is 31.2 Å². The number of aromatic nitrogens is 1. The molecule has 0 bridgehead atoms. The second-order valence-corrected chi connectivity index (χ2v) is 6.08. The van der Waals surface area contributed by atoms with E-state index in [1.54, 1.807) is 17.0 Å². The summed E-state index contributed by atoms with van der Waals surface area (Å²) in [5.41, 5.74) is 0.546. The Balaban J connectivity index is 2.15. The van der Waals surface area contributed by atoms with Gasteiger partial charge < -0.3 is 4.90 Å². The Morgan fingerprint density at radius 2 is 2.16 bits per heavy atom. The second-order valence-electron chi connectivity index (χ2n) is 3.89. The molecule has 1 amide bonds. The van der Waals surface area contributed by atoms with Gasteiger partial charge in [0, 0.05) is 23.2 Å². The zero-order valence-electron chi connectivity index (χ0n) is 10.3. The first-order chi connectivity index (χ1) is 9.10. The number of rotatable bonds is 4. The summed E-state index contributed by atoms with van der Waals surface area (Å²) in [5, 5.41) is 0.320. The van der Waals surface area contributed by atoms with Gasteiger partial charge in [-0.2, -0.15) is 0 Å². The molecular weight excluding hydrogens is 303 g/mol. The number of hydrogen-bond acceptors (Lipinski definition) is 3. The van der Waals surface area contributed by atoms with E-state index in [0.717, 1.165) is 9.21 Å². The van der Waals surface area contributed by atoms with Crippen LogP contribution in [-0.4, -0.2) is 22.3 Å². The van der Waals surface area contributed by atoms with E-state index in [1.807, 2.05) is 19.1 Å². The minimum Gasteiger partial charge on any atom is -0.334 e. The third kappa shape index (κ3) is 3.69. The molecule has 100 valence electrons. The third-order valence-corrected chi connectivity index (χ3v) is 4.04. The van der Waals surface area contributed by atoms with Gasteiger partial charge in [-0.25, -0.2) is 4.98 Å². The molecule has 0 saturated carbocycles. The molecule has 19 heavy (non-hydrogen) atoms. The number of thiophene rings is 1. The van der Waals surface area contributed by atoms with Crippen molar-refractivity contribution < 1.29 is 4.79 Å². The number of pyridine rings is 1. The van der Waals surface area contributed by atoms with Crippen molar-refractivity contribution in [2.75, 3.05) is 6.54 Å². The van der Waals surface area contributed by atoms with Crippen LogP contribution in [0.3, 0.4) is 0 Å². The molecule has 0 N–H and O–H groups in total. The molecule has 2 rings (SSSR count). The quantitative estimate of drug-likeness (QED) is 0.796. The highest BCUT2D eigenvalue weighted by Crippen LogP contribution is 2.23. The fraction of sp³-hybridized carbons (Fsp3) is 0.231. The number of amides is 1. The molecular formula is C13H12Cl2N2OS. The van der Waals surface area contributed by atoms with Crippen LogP contribution in [0.25, 0.3) is 0 Å². The maximum absolute atomic E-state index is 12.4. The lowest BCUT2D eigenvalue weighted by Gasteiger charge is -2.20. The zero-order valence-corrected chi connectivity index (χ0v) is 12.6. The molecule has 2 aromatic rings. The van der Waals surface area contributed by atoms with Gasteiger partial charge >= 0.3 is 0 Å². The van der Waals surface area contributed by atoms with E-state index >= 15 is 0 Å². The van der Waals surface area contributed by atoms with E-state index in [2.05, 4.69) is 4.98 Å². The molecule has 0 aliphatic carbocycles. The van der Waals surface area contributed by atoms with Crippen LogP contribution in [0.1, 0.15) is 22.2 Å². The third-order valence-electron chi connectivity index (χ3n) is 2.62. The van der Waals surface area contributed by atoms with Crippen molar-refractivity contribution in [3.05, 3.63) is 50.4 Å². The van der Waals surface area contributed by atoms with Gasteiger partial charge in [0.25, 0.3) is 5.91 Å². The van der Waals surface area contributed by atoms with Crippen molar-refractivity contribution in [2.24, 2.45) is 0 Å². The lowest BCUT2D eigenvalue weighted by atomic mass is 10.2. The molecule has 0 fully saturated rings. The van der Waals surface area contributed by atoms with Gasteiger partial charge in [0.1, 0.15) is 5.15 Å². The van der Waals surface area contributed by atoms with E-state index < -0.39 is 0 Å². The fourth-order valence-electron chi connectivity index (χ4n) is 1.67. The summed E-state index contributed by atoms with van der Waals surface area (Å²) in [7, 11) is 0. The average molecular weight is 315 g/mol. The van der Waals surface area contributed by atoms with Crippen molar-refractivity contribution in [3.8, 4) is 0 Å². The number of carbonyl (C=O) groups excluding carboxylic acids is 1. The highest BCUT2D eigenvalue weighted by molar-refractivity contribution is 7.16. The van der Waals surface area contributed by atoms with E-state index in [-0.39, 0.29) is 5.91 Å². The maximum Gasteiger partial charge on any atom is 0.254 e.